The van der Waals surface area contributed by atoms with Gasteiger partial charge in [0, 0.05) is 28.2 Å². The molecule has 0 aromatic heterocycles. The van der Waals surface area contributed by atoms with Gasteiger partial charge in [-0.2, -0.15) is 0 Å². The number of carbonyl (C=O) groups excluding carboxylic acids is 2. The molecule has 146 valence electrons. The fraction of sp³-hybridized carbons (Fsp3) is 0.300. The van der Waals surface area contributed by atoms with Crippen LogP contribution in [-0.2, 0) is 21.2 Å². The van der Waals surface area contributed by atoms with Gasteiger partial charge in [-0.15, -0.1) is 0 Å². The van der Waals surface area contributed by atoms with Crippen LogP contribution in [0.1, 0.15) is 35.7 Å². The summed E-state index contributed by atoms with van der Waals surface area (Å²) in [5.74, 6) is -0.146. The number of nitrogens with zero attached hydrogens (tertiary/aromatic N) is 1. The van der Waals surface area contributed by atoms with E-state index in [9.17, 15) is 18.0 Å². The highest BCUT2D eigenvalue weighted by Gasteiger charge is 2.39. The highest BCUT2D eigenvalue weighted by molar-refractivity contribution is 9.10. The minimum atomic E-state index is -3.96. The van der Waals surface area contributed by atoms with Crippen molar-refractivity contribution in [2.75, 3.05) is 16.2 Å². The van der Waals surface area contributed by atoms with Crippen molar-refractivity contribution in [1.29, 1.82) is 0 Å². The van der Waals surface area contributed by atoms with Gasteiger partial charge < -0.3 is 4.90 Å². The Morgan fingerprint density at radius 2 is 1.93 bits per heavy atom. The molecule has 0 saturated heterocycles. The number of Topliss-reactive ketones (excluding diaryl/α,β-unsaturated/α-hetero) is 1. The Labute approximate surface area is 172 Å². The Morgan fingerprint density at radius 3 is 2.61 bits per heavy atom. The minimum Gasteiger partial charge on any atom is -0.310 e. The number of rotatable bonds is 5. The Hall–Kier alpha value is -2.19. The van der Waals surface area contributed by atoms with E-state index in [4.69, 9.17) is 0 Å². The largest absolute Gasteiger partial charge is 0.310 e. The molecule has 6 nitrogen and oxygen atoms in total. The molecule has 2 aromatic rings. The lowest BCUT2D eigenvalue weighted by atomic mass is 10.1. The van der Waals surface area contributed by atoms with Gasteiger partial charge >= 0.3 is 0 Å². The molecule has 0 spiro atoms. The molecule has 28 heavy (non-hydrogen) atoms. The molecule has 1 aliphatic heterocycles. The third-order valence-corrected chi connectivity index (χ3v) is 6.85. The number of amides is 1. The van der Waals surface area contributed by atoms with Gasteiger partial charge in [0.25, 0.3) is 10.0 Å². The van der Waals surface area contributed by atoms with Crippen molar-refractivity contribution in [2.24, 2.45) is 5.92 Å². The summed E-state index contributed by atoms with van der Waals surface area (Å²) in [4.78, 5) is 25.9. The van der Waals surface area contributed by atoms with Gasteiger partial charge in [0.2, 0.25) is 5.91 Å². The van der Waals surface area contributed by atoms with E-state index in [1.165, 1.54) is 19.1 Å². The van der Waals surface area contributed by atoms with Crippen LogP contribution in [0.2, 0.25) is 0 Å². The zero-order valence-corrected chi connectivity index (χ0v) is 17.6. The molecule has 0 radical (unpaired) electrons. The van der Waals surface area contributed by atoms with E-state index in [1.54, 1.807) is 23.1 Å². The average molecular weight is 463 g/mol. The van der Waals surface area contributed by atoms with E-state index in [0.717, 1.165) is 18.4 Å². The van der Waals surface area contributed by atoms with Gasteiger partial charge in [-0.1, -0.05) is 28.1 Å². The van der Waals surface area contributed by atoms with Crippen LogP contribution in [0.3, 0.4) is 0 Å². The molecule has 1 amide bonds. The molecule has 0 bridgehead atoms. The average Bonchev–Trinajstić information content (AvgIpc) is 3.40. The number of benzene rings is 2. The van der Waals surface area contributed by atoms with Crippen molar-refractivity contribution in [2.45, 2.75) is 31.1 Å². The van der Waals surface area contributed by atoms with Crippen molar-refractivity contribution in [3.05, 3.63) is 52.0 Å². The summed E-state index contributed by atoms with van der Waals surface area (Å²) in [6, 6.07) is 9.75. The van der Waals surface area contributed by atoms with Gasteiger partial charge in [-0.05, 0) is 56.0 Å². The Kier molecular flexibility index (Phi) is 4.79. The van der Waals surface area contributed by atoms with Crippen molar-refractivity contribution in [3.8, 4) is 0 Å². The first-order valence-electron chi connectivity index (χ1n) is 9.04. The van der Waals surface area contributed by atoms with E-state index in [1.807, 2.05) is 6.07 Å². The maximum Gasteiger partial charge on any atom is 0.264 e. The predicted octanol–water partition coefficient (Wildman–Crippen LogP) is 3.75. The summed E-state index contributed by atoms with van der Waals surface area (Å²) < 4.78 is 29.6. The summed E-state index contributed by atoms with van der Waals surface area (Å²) in [5, 5.41) is 0. The normalized spacial score (nSPS) is 16.0. The molecule has 1 N–H and O–H groups in total. The lowest BCUT2D eigenvalue weighted by Crippen LogP contribution is -2.31. The summed E-state index contributed by atoms with van der Waals surface area (Å²) >= 11 is 3.38. The molecular weight excluding hydrogens is 444 g/mol. The van der Waals surface area contributed by atoms with E-state index in [-0.39, 0.29) is 22.5 Å². The topological polar surface area (TPSA) is 83.6 Å². The second-order valence-electron chi connectivity index (χ2n) is 7.17. The van der Waals surface area contributed by atoms with Crippen LogP contribution >= 0.6 is 15.9 Å². The molecular formula is C20H19BrN2O4S. The van der Waals surface area contributed by atoms with Crippen molar-refractivity contribution >= 4 is 49.0 Å². The first-order chi connectivity index (χ1) is 13.3. The summed E-state index contributed by atoms with van der Waals surface area (Å²) in [6.45, 7) is 1.92. The molecule has 4 rings (SSSR count). The zero-order valence-electron chi connectivity index (χ0n) is 15.2. The predicted molar refractivity (Wildman–Crippen MR) is 110 cm³/mol. The van der Waals surface area contributed by atoms with Crippen LogP contribution < -0.4 is 9.62 Å². The summed E-state index contributed by atoms with van der Waals surface area (Å²) in [6.07, 6.45) is 2.34. The molecule has 0 unspecified atom stereocenters. The highest BCUT2D eigenvalue weighted by Crippen LogP contribution is 2.41. The lowest BCUT2D eigenvalue weighted by Gasteiger charge is -2.21. The second kappa shape index (κ2) is 7.00. The summed E-state index contributed by atoms with van der Waals surface area (Å²) in [5.41, 5.74) is 2.03. The molecule has 1 heterocycles. The van der Waals surface area contributed by atoms with Gasteiger partial charge in [0.05, 0.1) is 5.69 Å². The number of hydrogen-bond acceptors (Lipinski definition) is 4. The van der Waals surface area contributed by atoms with Crippen molar-refractivity contribution in [1.82, 2.24) is 0 Å². The maximum absolute atomic E-state index is 13.2. The molecule has 2 aromatic carbocycles. The SMILES string of the molecule is CC(=O)c1cccc(NS(=O)(=O)c2cc(Br)cc3c2N(C(=O)C2CC2)CC3)c1. The molecule has 1 saturated carbocycles. The smallest absolute Gasteiger partial charge is 0.264 e. The Morgan fingerprint density at radius 1 is 1.18 bits per heavy atom. The molecule has 8 heteroatoms. The fourth-order valence-corrected chi connectivity index (χ4v) is 5.44. The first kappa shape index (κ1) is 19.1. The molecule has 1 aliphatic carbocycles. The van der Waals surface area contributed by atoms with Crippen LogP contribution in [0.15, 0.2) is 45.8 Å². The Balaban J connectivity index is 1.75. The third kappa shape index (κ3) is 3.58. The number of ketones is 1. The maximum atomic E-state index is 13.2. The number of carbonyl (C=O) groups is 2. The van der Waals surface area contributed by atoms with E-state index >= 15 is 0 Å². The van der Waals surface area contributed by atoms with Gasteiger partial charge in [-0.25, -0.2) is 8.42 Å². The van der Waals surface area contributed by atoms with E-state index in [0.29, 0.717) is 34.4 Å². The van der Waals surface area contributed by atoms with Crippen LogP contribution in [0, 0.1) is 5.92 Å². The monoisotopic (exact) mass is 462 g/mol. The van der Waals surface area contributed by atoms with Gasteiger partial charge in [0.15, 0.2) is 5.78 Å². The molecule has 2 aliphatic rings. The van der Waals surface area contributed by atoms with Crippen molar-refractivity contribution in [3.63, 3.8) is 0 Å². The number of halogens is 1. The number of hydrogen-bond donors (Lipinski definition) is 1. The standard InChI is InChI=1S/C20H19BrN2O4S/c1-12(24)14-3-2-4-17(10-14)22-28(26,27)18-11-16(21)9-15-7-8-23(19(15)18)20(25)13-5-6-13/h2-4,9-11,13,22H,5-8H2,1H3. The molecule has 0 atom stereocenters. The zero-order chi connectivity index (χ0) is 20.1. The van der Waals surface area contributed by atoms with E-state index < -0.39 is 10.0 Å². The van der Waals surface area contributed by atoms with Crippen LogP contribution in [0.5, 0.6) is 0 Å². The third-order valence-electron chi connectivity index (χ3n) is 5.00. The lowest BCUT2D eigenvalue weighted by molar-refractivity contribution is -0.119. The number of fused-ring (bicyclic) bond motifs is 1. The van der Waals surface area contributed by atoms with Gasteiger partial charge in [0.1, 0.15) is 4.90 Å². The summed E-state index contributed by atoms with van der Waals surface area (Å²) in [7, 11) is -3.96. The number of anilines is 2. The first-order valence-corrected chi connectivity index (χ1v) is 11.3. The van der Waals surface area contributed by atoms with E-state index in [2.05, 4.69) is 20.7 Å². The van der Waals surface area contributed by atoms with Gasteiger partial charge in [-0.3, -0.25) is 14.3 Å². The molecule has 1 fully saturated rings. The highest BCUT2D eigenvalue weighted by atomic mass is 79.9. The minimum absolute atomic E-state index is 0.00361. The second-order valence-corrected chi connectivity index (χ2v) is 9.73. The van der Waals surface area contributed by atoms with Crippen LogP contribution in [0.4, 0.5) is 11.4 Å². The quantitative estimate of drug-likeness (QED) is 0.685. The van der Waals surface area contributed by atoms with Crippen LogP contribution in [0.25, 0.3) is 0 Å². The number of sulfonamides is 1. The Bertz CT molecular complexity index is 1090. The number of nitrogens with one attached hydrogen (secondary N) is 1. The fourth-order valence-electron chi connectivity index (χ4n) is 3.46. The van der Waals surface area contributed by atoms with Crippen LogP contribution in [-0.4, -0.2) is 26.7 Å². The van der Waals surface area contributed by atoms with Crippen molar-refractivity contribution < 1.29 is 18.0 Å².